The molecule has 0 atom stereocenters. The quantitative estimate of drug-likeness (QED) is 0.557. The molecule has 0 unspecified atom stereocenters. The number of carbonyl (C=O) groups excluding carboxylic acids is 2. The first kappa shape index (κ1) is 18.6. The summed E-state index contributed by atoms with van der Waals surface area (Å²) in [6, 6.07) is 16.7. The zero-order chi connectivity index (χ0) is 19.9. The lowest BCUT2D eigenvalue weighted by Gasteiger charge is -2.09. The number of anilines is 1. The fraction of sp³-hybridized carbons (Fsp3) is 0.0526. The van der Waals surface area contributed by atoms with Crippen LogP contribution in [0.2, 0.25) is 0 Å². The molecule has 3 N–H and O–H groups in total. The highest BCUT2D eigenvalue weighted by Crippen LogP contribution is 2.23. The van der Waals surface area contributed by atoms with Gasteiger partial charge in [-0.2, -0.15) is 0 Å². The Hall–Kier alpha value is -4.14. The molecule has 9 heteroatoms. The minimum absolute atomic E-state index is 0.347. The molecule has 0 spiro atoms. The maximum absolute atomic E-state index is 12.0. The molecular formula is C19H15N3O6. The molecule has 3 rings (SSSR count). The van der Waals surface area contributed by atoms with Crippen LogP contribution in [0.15, 0.2) is 70.3 Å². The van der Waals surface area contributed by atoms with E-state index in [2.05, 4.69) is 10.3 Å². The van der Waals surface area contributed by atoms with E-state index in [1.54, 1.807) is 36.4 Å². The van der Waals surface area contributed by atoms with Gasteiger partial charge in [-0.3, -0.25) is 14.6 Å². The Morgan fingerprint density at radius 2 is 1.64 bits per heavy atom. The third-order valence-electron chi connectivity index (χ3n) is 3.41. The highest BCUT2D eigenvalue weighted by Gasteiger charge is 2.12. The Bertz CT molecular complexity index is 1080. The Balaban J connectivity index is 1.57. The molecule has 1 amide bonds. The van der Waals surface area contributed by atoms with E-state index < -0.39 is 29.7 Å². The fourth-order valence-corrected chi connectivity index (χ4v) is 2.25. The summed E-state index contributed by atoms with van der Waals surface area (Å²) >= 11 is 0. The van der Waals surface area contributed by atoms with Gasteiger partial charge in [-0.1, -0.05) is 24.3 Å². The number of esters is 1. The van der Waals surface area contributed by atoms with Gasteiger partial charge in [0.15, 0.2) is 6.61 Å². The number of aromatic amines is 2. The molecular weight excluding hydrogens is 366 g/mol. The minimum atomic E-state index is -1.00. The first-order valence-electron chi connectivity index (χ1n) is 8.13. The number of hydrogen-bond donors (Lipinski definition) is 3. The maximum atomic E-state index is 12.0. The smallest absolute Gasteiger partial charge is 0.355 e. The number of hydrogen-bond acceptors (Lipinski definition) is 6. The number of benzene rings is 2. The fourth-order valence-electron chi connectivity index (χ4n) is 2.25. The second-order valence-corrected chi connectivity index (χ2v) is 5.57. The number of rotatable bonds is 6. The molecule has 0 aliphatic carbocycles. The SMILES string of the molecule is O=C(COC(=O)c1cc(=O)[nH]c(=O)[nH]1)Nc1cccc(Oc2ccccc2)c1. The van der Waals surface area contributed by atoms with Crippen molar-refractivity contribution in [2.24, 2.45) is 0 Å². The van der Waals surface area contributed by atoms with Crippen molar-refractivity contribution in [2.45, 2.75) is 0 Å². The Labute approximate surface area is 158 Å². The molecule has 0 aliphatic rings. The van der Waals surface area contributed by atoms with Gasteiger partial charge in [-0.05, 0) is 24.3 Å². The van der Waals surface area contributed by atoms with Crippen molar-refractivity contribution < 1.29 is 19.1 Å². The zero-order valence-corrected chi connectivity index (χ0v) is 14.4. The number of H-pyrrole nitrogens is 2. The third-order valence-corrected chi connectivity index (χ3v) is 3.41. The molecule has 3 aromatic rings. The van der Waals surface area contributed by atoms with E-state index in [-0.39, 0.29) is 5.69 Å². The van der Waals surface area contributed by atoms with Crippen LogP contribution in [-0.2, 0) is 9.53 Å². The van der Waals surface area contributed by atoms with Crippen LogP contribution < -0.4 is 21.3 Å². The lowest BCUT2D eigenvalue weighted by molar-refractivity contribution is -0.119. The summed E-state index contributed by atoms with van der Waals surface area (Å²) in [7, 11) is 0. The largest absolute Gasteiger partial charge is 0.457 e. The lowest BCUT2D eigenvalue weighted by atomic mass is 10.3. The second-order valence-electron chi connectivity index (χ2n) is 5.57. The summed E-state index contributed by atoms with van der Waals surface area (Å²) in [5, 5.41) is 2.56. The normalized spacial score (nSPS) is 10.1. The highest BCUT2D eigenvalue weighted by atomic mass is 16.5. The van der Waals surface area contributed by atoms with E-state index in [0.29, 0.717) is 17.2 Å². The number of nitrogens with one attached hydrogen (secondary N) is 3. The predicted octanol–water partition coefficient (Wildman–Crippen LogP) is 1.65. The van der Waals surface area contributed by atoms with Gasteiger partial charge in [0.05, 0.1) is 0 Å². The van der Waals surface area contributed by atoms with Crippen molar-refractivity contribution in [1.29, 1.82) is 0 Å². The van der Waals surface area contributed by atoms with Crippen LogP contribution in [0.1, 0.15) is 10.5 Å². The van der Waals surface area contributed by atoms with Gasteiger partial charge in [-0.15, -0.1) is 0 Å². The molecule has 0 saturated carbocycles. The number of aromatic nitrogens is 2. The second kappa shape index (κ2) is 8.49. The van der Waals surface area contributed by atoms with Gasteiger partial charge in [0, 0.05) is 17.8 Å². The van der Waals surface area contributed by atoms with E-state index in [1.807, 2.05) is 23.2 Å². The molecule has 0 aliphatic heterocycles. The third kappa shape index (κ3) is 5.18. The van der Waals surface area contributed by atoms with Crippen molar-refractivity contribution in [3.05, 3.63) is 87.2 Å². The molecule has 0 radical (unpaired) electrons. The summed E-state index contributed by atoms with van der Waals surface area (Å²) in [4.78, 5) is 50.2. The summed E-state index contributed by atoms with van der Waals surface area (Å²) in [6.45, 7) is -0.600. The molecule has 1 aromatic heterocycles. The van der Waals surface area contributed by atoms with Gasteiger partial charge in [0.1, 0.15) is 17.2 Å². The summed E-state index contributed by atoms with van der Waals surface area (Å²) in [6.07, 6.45) is 0. The van der Waals surface area contributed by atoms with Gasteiger partial charge >= 0.3 is 11.7 Å². The van der Waals surface area contributed by atoms with E-state index in [9.17, 15) is 19.2 Å². The van der Waals surface area contributed by atoms with Crippen molar-refractivity contribution in [1.82, 2.24) is 9.97 Å². The summed E-state index contributed by atoms with van der Waals surface area (Å²) in [5.41, 5.74) is -1.51. The maximum Gasteiger partial charge on any atom is 0.355 e. The first-order valence-corrected chi connectivity index (χ1v) is 8.13. The number of carbonyl (C=O) groups is 2. The van der Waals surface area contributed by atoms with Crippen LogP contribution in [0.4, 0.5) is 5.69 Å². The number of amides is 1. The molecule has 9 nitrogen and oxygen atoms in total. The molecule has 28 heavy (non-hydrogen) atoms. The molecule has 142 valence electrons. The number of para-hydroxylation sites is 1. The zero-order valence-electron chi connectivity index (χ0n) is 14.4. The molecule has 1 heterocycles. The van der Waals surface area contributed by atoms with Crippen LogP contribution in [-0.4, -0.2) is 28.5 Å². The summed E-state index contributed by atoms with van der Waals surface area (Å²) < 4.78 is 10.5. The van der Waals surface area contributed by atoms with E-state index >= 15 is 0 Å². The van der Waals surface area contributed by atoms with Crippen molar-refractivity contribution in [3.8, 4) is 11.5 Å². The Kier molecular flexibility index (Phi) is 5.66. The van der Waals surface area contributed by atoms with E-state index in [4.69, 9.17) is 9.47 Å². The number of ether oxygens (including phenoxy) is 2. The average molecular weight is 381 g/mol. The van der Waals surface area contributed by atoms with Gasteiger partial charge < -0.3 is 19.8 Å². The Morgan fingerprint density at radius 1 is 0.893 bits per heavy atom. The Morgan fingerprint density at radius 3 is 2.39 bits per heavy atom. The highest BCUT2D eigenvalue weighted by molar-refractivity contribution is 5.94. The van der Waals surface area contributed by atoms with Crippen molar-refractivity contribution in [3.63, 3.8) is 0 Å². The van der Waals surface area contributed by atoms with E-state index in [1.165, 1.54) is 0 Å². The topological polar surface area (TPSA) is 130 Å². The van der Waals surface area contributed by atoms with E-state index in [0.717, 1.165) is 6.07 Å². The van der Waals surface area contributed by atoms with Crippen molar-refractivity contribution in [2.75, 3.05) is 11.9 Å². The lowest BCUT2D eigenvalue weighted by Crippen LogP contribution is -2.27. The van der Waals surface area contributed by atoms with Crippen molar-refractivity contribution >= 4 is 17.6 Å². The first-order chi connectivity index (χ1) is 13.5. The van der Waals surface area contributed by atoms with Crippen LogP contribution >= 0.6 is 0 Å². The molecule has 0 bridgehead atoms. The van der Waals surface area contributed by atoms with Gasteiger partial charge in [0.25, 0.3) is 11.5 Å². The van der Waals surface area contributed by atoms with Gasteiger partial charge in [-0.25, -0.2) is 9.59 Å². The monoisotopic (exact) mass is 381 g/mol. The predicted molar refractivity (Wildman–Crippen MR) is 99.6 cm³/mol. The minimum Gasteiger partial charge on any atom is -0.457 e. The van der Waals surface area contributed by atoms with Crippen LogP contribution in [0.25, 0.3) is 0 Å². The standard InChI is InChI=1S/C19H15N3O6/c23-16-10-15(21-19(26)22-16)18(25)27-11-17(24)20-12-5-4-8-14(9-12)28-13-6-2-1-3-7-13/h1-10H,11H2,(H,20,24)(H2,21,22,23,26). The van der Waals surface area contributed by atoms with Crippen LogP contribution in [0.3, 0.4) is 0 Å². The molecule has 2 aromatic carbocycles. The molecule has 0 saturated heterocycles. The van der Waals surface area contributed by atoms with Crippen LogP contribution in [0, 0.1) is 0 Å². The molecule has 0 fully saturated rings. The van der Waals surface area contributed by atoms with Crippen LogP contribution in [0.5, 0.6) is 11.5 Å². The average Bonchev–Trinajstić information content (AvgIpc) is 2.66. The van der Waals surface area contributed by atoms with Gasteiger partial charge in [0.2, 0.25) is 0 Å². The summed E-state index contributed by atoms with van der Waals surface area (Å²) in [5.74, 6) is -0.439.